The zero-order valence-electron chi connectivity index (χ0n) is 19.5. The number of aliphatic imine (C=N–C) groups is 1. The molecule has 11 N–H and O–H groups in total. The van der Waals surface area contributed by atoms with Gasteiger partial charge in [0.05, 0.1) is 12.6 Å². The normalized spacial score (nSPS) is 14.2. The number of hydrogen-bond acceptors (Lipinski definition) is 9. The van der Waals surface area contributed by atoms with Gasteiger partial charge in [0.2, 0.25) is 17.7 Å². The Morgan fingerprint density at radius 3 is 1.74 bits per heavy atom. The lowest BCUT2D eigenvalue weighted by Crippen LogP contribution is -2.57. The van der Waals surface area contributed by atoms with Crippen molar-refractivity contribution in [2.75, 3.05) is 37.2 Å². The Labute approximate surface area is 207 Å². The number of nitrogens with one attached hydrogen (secondary N) is 3. The number of rotatable bonds is 18. The van der Waals surface area contributed by atoms with Crippen molar-refractivity contribution in [3.8, 4) is 0 Å². The number of guanidine groups is 1. The summed E-state index contributed by atoms with van der Waals surface area (Å²) in [4.78, 5) is 53.0. The standard InChI is InChI=1S/C19H37N7O6S2/c1-33-8-5-12(24-15(28)11(20)4-3-7-23-19(21)22)16(29)25-13(6-9-34-2)17(30)26-14(10-27)18(31)32/h11-14,27H,3-10,20H2,1-2H3,(H,24,28)(H,25,29)(H,26,30)(H,31,32)(H4,21,22,23). The number of aliphatic carboxylic acids is 1. The molecular weight excluding hydrogens is 486 g/mol. The predicted molar refractivity (Wildman–Crippen MR) is 134 cm³/mol. The fraction of sp³-hybridized carbons (Fsp3) is 0.737. The van der Waals surface area contributed by atoms with Gasteiger partial charge in [-0.1, -0.05) is 0 Å². The second-order valence-corrected chi connectivity index (χ2v) is 9.29. The van der Waals surface area contributed by atoms with Gasteiger partial charge < -0.3 is 43.4 Å². The summed E-state index contributed by atoms with van der Waals surface area (Å²) in [5.74, 6) is -2.24. The molecule has 15 heteroatoms. The third-order valence-electron chi connectivity index (χ3n) is 4.59. The number of nitrogens with two attached hydrogens (primary N) is 3. The number of hydrogen-bond donors (Lipinski definition) is 8. The molecule has 0 saturated carbocycles. The molecule has 0 heterocycles. The second kappa shape index (κ2) is 18.1. The maximum Gasteiger partial charge on any atom is 0.328 e. The highest BCUT2D eigenvalue weighted by atomic mass is 32.2. The highest BCUT2D eigenvalue weighted by Gasteiger charge is 2.29. The van der Waals surface area contributed by atoms with Crippen molar-refractivity contribution in [3.05, 3.63) is 0 Å². The molecule has 3 amide bonds. The van der Waals surface area contributed by atoms with Crippen LogP contribution in [0.3, 0.4) is 0 Å². The molecule has 0 aromatic carbocycles. The summed E-state index contributed by atoms with van der Waals surface area (Å²) in [5.41, 5.74) is 16.4. The molecule has 0 spiro atoms. The Balaban J connectivity index is 5.22. The maximum absolute atomic E-state index is 12.9. The first kappa shape index (κ1) is 31.8. The number of aliphatic hydroxyl groups is 1. The van der Waals surface area contributed by atoms with Crippen LogP contribution < -0.4 is 33.2 Å². The lowest BCUT2D eigenvalue weighted by molar-refractivity contribution is -0.143. The van der Waals surface area contributed by atoms with Crippen LogP contribution in [0.25, 0.3) is 0 Å². The third-order valence-corrected chi connectivity index (χ3v) is 5.88. The van der Waals surface area contributed by atoms with Crippen molar-refractivity contribution in [1.82, 2.24) is 16.0 Å². The van der Waals surface area contributed by atoms with E-state index in [0.717, 1.165) is 0 Å². The molecule has 0 bridgehead atoms. The summed E-state index contributed by atoms with van der Waals surface area (Å²) in [6.07, 6.45) is 4.97. The van der Waals surface area contributed by atoms with E-state index in [-0.39, 0.29) is 12.4 Å². The minimum absolute atomic E-state index is 0.0550. The van der Waals surface area contributed by atoms with Gasteiger partial charge in [-0.3, -0.25) is 19.4 Å². The van der Waals surface area contributed by atoms with E-state index >= 15 is 0 Å². The van der Waals surface area contributed by atoms with Gasteiger partial charge in [0.15, 0.2) is 5.96 Å². The van der Waals surface area contributed by atoms with Crippen LogP contribution in [0.15, 0.2) is 4.99 Å². The van der Waals surface area contributed by atoms with Gasteiger partial charge in [0.1, 0.15) is 18.1 Å². The Kier molecular flexibility index (Phi) is 17.0. The Hall–Kier alpha value is -2.23. The van der Waals surface area contributed by atoms with Gasteiger partial charge in [-0.2, -0.15) is 23.5 Å². The van der Waals surface area contributed by atoms with Crippen LogP contribution in [0.5, 0.6) is 0 Å². The number of amides is 3. The average Bonchev–Trinajstić information content (AvgIpc) is 2.79. The fourth-order valence-corrected chi connectivity index (χ4v) is 3.61. The molecular formula is C19H37N7O6S2. The second-order valence-electron chi connectivity index (χ2n) is 7.32. The molecule has 0 aliphatic carbocycles. The van der Waals surface area contributed by atoms with Crippen molar-refractivity contribution in [3.63, 3.8) is 0 Å². The van der Waals surface area contributed by atoms with Gasteiger partial charge in [-0.15, -0.1) is 0 Å². The van der Waals surface area contributed by atoms with E-state index in [1.54, 1.807) is 0 Å². The van der Waals surface area contributed by atoms with Gasteiger partial charge >= 0.3 is 5.97 Å². The summed E-state index contributed by atoms with van der Waals surface area (Å²) in [6, 6.07) is -4.36. The molecule has 13 nitrogen and oxygen atoms in total. The summed E-state index contributed by atoms with van der Waals surface area (Å²) >= 11 is 2.92. The minimum Gasteiger partial charge on any atom is -0.480 e. The zero-order valence-corrected chi connectivity index (χ0v) is 21.1. The molecule has 34 heavy (non-hydrogen) atoms. The molecule has 0 aromatic heterocycles. The molecule has 0 aliphatic rings. The Morgan fingerprint density at radius 1 is 0.853 bits per heavy atom. The SMILES string of the molecule is CSCCC(NC(=O)C(N)CCCN=C(N)N)C(=O)NC(CCSC)C(=O)NC(CO)C(=O)O. The van der Waals surface area contributed by atoms with Gasteiger partial charge in [0.25, 0.3) is 0 Å². The number of aliphatic hydroxyl groups excluding tert-OH is 1. The Bertz CT molecular complexity index is 694. The molecule has 0 aromatic rings. The van der Waals surface area contributed by atoms with E-state index in [2.05, 4.69) is 20.9 Å². The topological polar surface area (TPSA) is 235 Å². The molecule has 0 saturated heterocycles. The van der Waals surface area contributed by atoms with E-state index in [1.807, 2.05) is 12.5 Å². The fourth-order valence-electron chi connectivity index (χ4n) is 2.67. The van der Waals surface area contributed by atoms with Crippen molar-refractivity contribution >= 4 is 53.2 Å². The van der Waals surface area contributed by atoms with Crippen molar-refractivity contribution in [1.29, 1.82) is 0 Å². The van der Waals surface area contributed by atoms with Crippen LogP contribution in [-0.2, 0) is 19.2 Å². The Morgan fingerprint density at radius 2 is 1.32 bits per heavy atom. The smallest absolute Gasteiger partial charge is 0.328 e. The van der Waals surface area contributed by atoms with Crippen LogP contribution in [0.1, 0.15) is 25.7 Å². The summed E-state index contributed by atoms with van der Waals surface area (Å²) < 4.78 is 0. The highest BCUT2D eigenvalue weighted by Crippen LogP contribution is 2.06. The van der Waals surface area contributed by atoms with Crippen LogP contribution in [0.4, 0.5) is 0 Å². The van der Waals surface area contributed by atoms with Crippen LogP contribution >= 0.6 is 23.5 Å². The average molecular weight is 524 g/mol. The lowest BCUT2D eigenvalue weighted by atomic mass is 10.1. The first-order valence-corrected chi connectivity index (χ1v) is 13.4. The van der Waals surface area contributed by atoms with Crippen LogP contribution in [0, 0.1) is 0 Å². The molecule has 0 rings (SSSR count). The zero-order chi connectivity index (χ0) is 26.1. The highest BCUT2D eigenvalue weighted by molar-refractivity contribution is 7.98. The minimum atomic E-state index is -1.50. The molecule has 0 fully saturated rings. The molecule has 4 unspecified atom stereocenters. The van der Waals surface area contributed by atoms with Gasteiger partial charge in [-0.25, -0.2) is 4.79 Å². The van der Waals surface area contributed by atoms with Gasteiger partial charge in [0, 0.05) is 6.54 Å². The van der Waals surface area contributed by atoms with E-state index in [4.69, 9.17) is 27.4 Å². The summed E-state index contributed by atoms with van der Waals surface area (Å²) in [6.45, 7) is -0.477. The van der Waals surface area contributed by atoms with Crippen molar-refractivity contribution < 1.29 is 29.4 Å². The quantitative estimate of drug-likeness (QED) is 0.0527. The molecule has 0 aliphatic heterocycles. The van der Waals surface area contributed by atoms with E-state index in [9.17, 15) is 19.2 Å². The lowest BCUT2D eigenvalue weighted by Gasteiger charge is -2.25. The number of thioether (sulfide) groups is 2. The van der Waals surface area contributed by atoms with E-state index < -0.39 is 54.5 Å². The van der Waals surface area contributed by atoms with Crippen molar-refractivity contribution in [2.24, 2.45) is 22.2 Å². The van der Waals surface area contributed by atoms with Crippen LogP contribution in [0.2, 0.25) is 0 Å². The maximum atomic E-state index is 12.9. The number of carboxylic acid groups (broad SMARTS) is 1. The van der Waals surface area contributed by atoms with Crippen molar-refractivity contribution in [2.45, 2.75) is 49.9 Å². The number of carbonyl (C=O) groups is 4. The van der Waals surface area contributed by atoms with Crippen LogP contribution in [-0.4, -0.2) is 101 Å². The number of nitrogens with zero attached hydrogens (tertiary/aromatic N) is 1. The molecule has 196 valence electrons. The largest absolute Gasteiger partial charge is 0.480 e. The monoisotopic (exact) mass is 523 g/mol. The predicted octanol–water partition coefficient (Wildman–Crippen LogP) is -2.60. The first-order chi connectivity index (χ1) is 16.1. The van der Waals surface area contributed by atoms with E-state index in [1.165, 1.54) is 23.5 Å². The first-order valence-electron chi connectivity index (χ1n) is 10.6. The molecule has 0 radical (unpaired) electrons. The third kappa shape index (κ3) is 13.5. The molecule has 4 atom stereocenters. The van der Waals surface area contributed by atoms with E-state index in [0.29, 0.717) is 37.3 Å². The summed E-state index contributed by atoms with van der Waals surface area (Å²) in [5, 5.41) is 25.6. The number of carboxylic acids is 1. The van der Waals surface area contributed by atoms with Gasteiger partial charge in [-0.05, 0) is 49.7 Å². The summed E-state index contributed by atoms with van der Waals surface area (Å²) in [7, 11) is 0. The number of carbonyl (C=O) groups excluding carboxylic acids is 3.